The average molecular weight is 299 g/mol. The third-order valence-electron chi connectivity index (χ3n) is 4.21. The van der Waals surface area contributed by atoms with Crippen LogP contribution in [0.5, 0.6) is 0 Å². The van der Waals surface area contributed by atoms with Crippen molar-refractivity contribution in [3.8, 4) is 11.1 Å². The van der Waals surface area contributed by atoms with Gasteiger partial charge in [0.25, 0.3) is 0 Å². The van der Waals surface area contributed by atoms with Crippen LogP contribution in [0.3, 0.4) is 0 Å². The number of benzene rings is 2. The van der Waals surface area contributed by atoms with Gasteiger partial charge in [0.2, 0.25) is 0 Å². The lowest BCUT2D eigenvalue weighted by Gasteiger charge is -2.06. The normalized spacial score (nSPS) is 12.7. The molecule has 3 heteroatoms. The Labute approximate surface area is 135 Å². The third-order valence-corrected chi connectivity index (χ3v) is 4.21. The fourth-order valence-electron chi connectivity index (χ4n) is 3.00. The molecule has 0 fully saturated rings. The molecule has 112 valence electrons. The highest BCUT2D eigenvalue weighted by Crippen LogP contribution is 2.36. The van der Waals surface area contributed by atoms with Gasteiger partial charge in [0.15, 0.2) is 0 Å². The zero-order valence-electron chi connectivity index (χ0n) is 13.0. The Morgan fingerprint density at radius 1 is 0.957 bits per heavy atom. The summed E-state index contributed by atoms with van der Waals surface area (Å²) in [6.45, 7) is 2.01. The van der Waals surface area contributed by atoms with Crippen molar-refractivity contribution in [1.29, 1.82) is 0 Å². The van der Waals surface area contributed by atoms with Crippen LogP contribution in [-0.4, -0.2) is 10.7 Å². The second-order valence-corrected chi connectivity index (χ2v) is 5.73. The predicted molar refractivity (Wildman–Crippen MR) is 94.8 cm³/mol. The lowest BCUT2D eigenvalue weighted by molar-refractivity contribution is 1.22. The summed E-state index contributed by atoms with van der Waals surface area (Å²) in [5, 5.41) is 4.44. The monoisotopic (exact) mass is 299 g/mol. The number of nitrogens with zero attached hydrogens (tertiary/aromatic N) is 2. The zero-order chi connectivity index (χ0) is 15.6. The van der Waals surface area contributed by atoms with E-state index in [1.165, 1.54) is 22.3 Å². The van der Waals surface area contributed by atoms with Crippen molar-refractivity contribution in [2.45, 2.75) is 13.3 Å². The number of hydrogen-bond acceptors (Lipinski definition) is 3. The van der Waals surface area contributed by atoms with Gasteiger partial charge >= 0.3 is 0 Å². The van der Waals surface area contributed by atoms with Crippen LogP contribution in [0.4, 0.5) is 5.82 Å². The van der Waals surface area contributed by atoms with Crippen molar-refractivity contribution in [2.24, 2.45) is 5.10 Å². The summed E-state index contributed by atoms with van der Waals surface area (Å²) in [4.78, 5) is 4.21. The van der Waals surface area contributed by atoms with E-state index in [9.17, 15) is 0 Å². The minimum absolute atomic E-state index is 0.750. The first-order valence-electron chi connectivity index (χ1n) is 7.74. The Morgan fingerprint density at radius 3 is 2.65 bits per heavy atom. The number of nitrogens with one attached hydrogen (secondary N) is 1. The summed E-state index contributed by atoms with van der Waals surface area (Å²) in [6, 6.07) is 20.9. The molecular formula is C20H17N3. The largest absolute Gasteiger partial charge is 0.261 e. The molecule has 0 bridgehead atoms. The molecule has 0 atom stereocenters. The van der Waals surface area contributed by atoms with Gasteiger partial charge in [-0.05, 0) is 59.4 Å². The minimum Gasteiger partial charge on any atom is -0.261 e. The number of rotatable bonds is 3. The van der Waals surface area contributed by atoms with Crippen LogP contribution in [0.25, 0.3) is 11.1 Å². The van der Waals surface area contributed by atoms with E-state index in [1.807, 2.05) is 25.1 Å². The van der Waals surface area contributed by atoms with Crippen molar-refractivity contribution < 1.29 is 0 Å². The number of hydrogen-bond donors (Lipinski definition) is 1. The van der Waals surface area contributed by atoms with E-state index >= 15 is 0 Å². The van der Waals surface area contributed by atoms with E-state index in [4.69, 9.17) is 0 Å². The molecule has 0 amide bonds. The summed E-state index contributed by atoms with van der Waals surface area (Å²) in [5.74, 6) is 0.750. The molecule has 0 saturated carbocycles. The van der Waals surface area contributed by atoms with Crippen LogP contribution < -0.4 is 5.43 Å². The van der Waals surface area contributed by atoms with Gasteiger partial charge in [-0.1, -0.05) is 42.5 Å². The van der Waals surface area contributed by atoms with Crippen molar-refractivity contribution in [3.63, 3.8) is 0 Å². The van der Waals surface area contributed by atoms with Crippen molar-refractivity contribution in [3.05, 3.63) is 83.6 Å². The highest BCUT2D eigenvalue weighted by molar-refractivity contribution is 6.00. The van der Waals surface area contributed by atoms with Crippen molar-refractivity contribution in [2.75, 3.05) is 5.43 Å². The third kappa shape index (κ3) is 2.61. The lowest BCUT2D eigenvalue weighted by atomic mass is 10.0. The molecule has 0 aliphatic heterocycles. The van der Waals surface area contributed by atoms with Crippen LogP contribution in [0, 0.1) is 0 Å². The molecule has 3 aromatic rings. The van der Waals surface area contributed by atoms with Crippen molar-refractivity contribution >= 4 is 11.5 Å². The molecule has 1 aromatic heterocycles. The molecule has 1 heterocycles. The number of aromatic nitrogens is 1. The Morgan fingerprint density at radius 2 is 1.78 bits per heavy atom. The van der Waals surface area contributed by atoms with Gasteiger partial charge in [-0.15, -0.1) is 0 Å². The van der Waals surface area contributed by atoms with Gasteiger partial charge in [0.1, 0.15) is 5.82 Å². The lowest BCUT2D eigenvalue weighted by Crippen LogP contribution is -2.01. The highest BCUT2D eigenvalue weighted by Gasteiger charge is 2.18. The van der Waals surface area contributed by atoms with Crippen LogP contribution in [0.1, 0.15) is 23.6 Å². The molecule has 2 aromatic carbocycles. The van der Waals surface area contributed by atoms with E-state index in [-0.39, 0.29) is 0 Å². The maximum absolute atomic E-state index is 4.44. The standard InChI is InChI=1S/C20H17N3/c1-14(22-23-20-8-4-5-11-21-20)15-9-10-19-17(12-15)13-16-6-2-3-7-18(16)19/h2-12H,13H2,1H3,(H,21,23)/b22-14-. The van der Waals surface area contributed by atoms with Gasteiger partial charge in [0, 0.05) is 6.20 Å². The first-order valence-corrected chi connectivity index (χ1v) is 7.74. The van der Waals surface area contributed by atoms with Crippen molar-refractivity contribution in [1.82, 2.24) is 4.98 Å². The molecule has 23 heavy (non-hydrogen) atoms. The Hall–Kier alpha value is -2.94. The second kappa shape index (κ2) is 5.69. The molecule has 1 aliphatic carbocycles. The molecule has 4 rings (SSSR count). The zero-order valence-corrected chi connectivity index (χ0v) is 13.0. The fraction of sp³-hybridized carbons (Fsp3) is 0.100. The maximum atomic E-state index is 4.44. The maximum Gasteiger partial charge on any atom is 0.146 e. The van der Waals surface area contributed by atoms with E-state index < -0.39 is 0 Å². The summed E-state index contributed by atoms with van der Waals surface area (Å²) in [5.41, 5.74) is 10.6. The van der Waals surface area contributed by atoms with Crippen LogP contribution in [0.15, 0.2) is 72.0 Å². The molecular weight excluding hydrogens is 282 g/mol. The van der Waals surface area contributed by atoms with E-state index in [0.717, 1.165) is 23.5 Å². The molecule has 0 radical (unpaired) electrons. The first-order chi connectivity index (χ1) is 11.3. The van der Waals surface area contributed by atoms with Gasteiger partial charge in [0.05, 0.1) is 5.71 Å². The van der Waals surface area contributed by atoms with E-state index in [2.05, 4.69) is 58.0 Å². The highest BCUT2D eigenvalue weighted by atomic mass is 15.3. The molecule has 0 spiro atoms. The second-order valence-electron chi connectivity index (χ2n) is 5.73. The Bertz CT molecular complexity index is 882. The molecule has 1 aliphatic rings. The number of anilines is 1. The quantitative estimate of drug-likeness (QED) is 0.447. The summed E-state index contributed by atoms with van der Waals surface area (Å²) in [6.07, 6.45) is 2.75. The van der Waals surface area contributed by atoms with Gasteiger partial charge in [-0.3, -0.25) is 5.43 Å². The molecule has 0 saturated heterocycles. The van der Waals surface area contributed by atoms with E-state index in [1.54, 1.807) is 6.20 Å². The molecule has 0 unspecified atom stereocenters. The molecule has 1 N–H and O–H groups in total. The topological polar surface area (TPSA) is 37.3 Å². The Balaban J connectivity index is 1.60. The van der Waals surface area contributed by atoms with Crippen LogP contribution >= 0.6 is 0 Å². The van der Waals surface area contributed by atoms with Crippen LogP contribution in [0.2, 0.25) is 0 Å². The smallest absolute Gasteiger partial charge is 0.146 e. The summed E-state index contributed by atoms with van der Waals surface area (Å²) in [7, 11) is 0. The predicted octanol–water partition coefficient (Wildman–Crippen LogP) is 4.49. The van der Waals surface area contributed by atoms with Gasteiger partial charge in [-0.25, -0.2) is 4.98 Å². The molecule has 3 nitrogen and oxygen atoms in total. The van der Waals surface area contributed by atoms with Gasteiger partial charge < -0.3 is 0 Å². The summed E-state index contributed by atoms with van der Waals surface area (Å²) >= 11 is 0. The SMILES string of the molecule is C/C(=N/Nc1ccccn1)c1ccc2c(c1)Cc1ccccc1-2. The fourth-order valence-corrected chi connectivity index (χ4v) is 3.00. The van der Waals surface area contributed by atoms with Crippen LogP contribution in [-0.2, 0) is 6.42 Å². The van der Waals surface area contributed by atoms with E-state index in [0.29, 0.717) is 0 Å². The minimum atomic E-state index is 0.750. The summed E-state index contributed by atoms with van der Waals surface area (Å²) < 4.78 is 0. The average Bonchev–Trinajstić information content (AvgIpc) is 2.98. The van der Waals surface area contributed by atoms with Gasteiger partial charge in [-0.2, -0.15) is 5.10 Å². The first kappa shape index (κ1) is 13.7. The number of hydrazone groups is 1. The Kier molecular flexibility index (Phi) is 3.39. The number of fused-ring (bicyclic) bond motifs is 3. The number of pyridine rings is 1.